The Kier molecular flexibility index (Phi) is 38.1. The van der Waals surface area contributed by atoms with E-state index < -0.39 is 5.97 Å². The number of unbranched alkanes of at least 4 members (excludes halogenated alkanes) is 2. The highest BCUT2D eigenvalue weighted by atomic mass is 31.0. The van der Waals surface area contributed by atoms with E-state index in [1.807, 2.05) is 66.4 Å². The minimum absolute atomic E-state index is 0.440. The van der Waals surface area contributed by atoms with Gasteiger partial charge in [-0.3, -0.25) is 0 Å². The summed E-state index contributed by atoms with van der Waals surface area (Å²) in [7, 11) is 3.42. The first-order valence-corrected chi connectivity index (χ1v) is 12.3. The van der Waals surface area contributed by atoms with E-state index in [-0.39, 0.29) is 0 Å². The molecule has 0 aliphatic carbocycles. The third-order valence-corrected chi connectivity index (χ3v) is 3.50. The van der Waals surface area contributed by atoms with Crippen molar-refractivity contribution in [2.24, 2.45) is 0 Å². The van der Waals surface area contributed by atoms with Gasteiger partial charge in [-0.15, -0.1) is 9.24 Å². The largest absolute Gasteiger partial charge is 0.478 e. The molecule has 0 spiro atoms. The first kappa shape index (κ1) is 35.7. The van der Waals surface area contributed by atoms with Crippen molar-refractivity contribution in [1.82, 2.24) is 0 Å². The molecular weight excluding hydrogens is 391 g/mol. The van der Waals surface area contributed by atoms with E-state index in [4.69, 9.17) is 10.2 Å². The monoisotopic (exact) mass is 438 g/mol. The van der Waals surface area contributed by atoms with Gasteiger partial charge in [0, 0.05) is 7.11 Å². The normalized spacial score (nSPS) is 7.93. The zero-order valence-electron chi connectivity index (χ0n) is 20.6. The summed E-state index contributed by atoms with van der Waals surface area (Å²) in [6.07, 6.45) is 5.26. The summed E-state index contributed by atoms with van der Waals surface area (Å²) in [6.45, 7) is 13.9. The van der Waals surface area contributed by atoms with Gasteiger partial charge in [-0.05, 0) is 42.9 Å². The SMILES string of the molecule is CC.CC.CC.CO.CP.O=C(O)c1ccccc1CCCCCc1ccccc1. The second kappa shape index (κ2) is 32.0. The Morgan fingerprint density at radius 2 is 1.13 bits per heavy atom. The summed E-state index contributed by atoms with van der Waals surface area (Å²) in [4.78, 5) is 11.1. The summed E-state index contributed by atoms with van der Waals surface area (Å²) in [5.74, 6) is -0.829. The van der Waals surface area contributed by atoms with Crippen molar-refractivity contribution in [3.8, 4) is 0 Å². The number of aryl methyl sites for hydroxylation is 2. The maximum absolute atomic E-state index is 11.1. The third kappa shape index (κ3) is 19.6. The fourth-order valence-corrected chi connectivity index (χ4v) is 2.41. The first-order valence-electron chi connectivity index (χ1n) is 11.1. The lowest BCUT2D eigenvalue weighted by molar-refractivity contribution is 0.0695. The molecule has 0 fully saturated rings. The fourth-order valence-electron chi connectivity index (χ4n) is 2.41. The average molecular weight is 439 g/mol. The number of carbonyl (C=O) groups is 1. The van der Waals surface area contributed by atoms with Crippen LogP contribution in [-0.4, -0.2) is 30.0 Å². The van der Waals surface area contributed by atoms with Crippen LogP contribution in [0, 0.1) is 0 Å². The van der Waals surface area contributed by atoms with E-state index in [1.54, 1.807) is 12.1 Å². The van der Waals surface area contributed by atoms with Crippen LogP contribution in [0.1, 0.15) is 82.3 Å². The van der Waals surface area contributed by atoms with E-state index in [1.165, 1.54) is 5.56 Å². The number of carboxylic acids is 1. The van der Waals surface area contributed by atoms with Crippen LogP contribution >= 0.6 is 9.24 Å². The van der Waals surface area contributed by atoms with E-state index in [9.17, 15) is 4.79 Å². The zero-order chi connectivity index (χ0) is 24.2. The Labute approximate surface area is 189 Å². The molecule has 0 saturated carbocycles. The van der Waals surface area contributed by atoms with Crippen molar-refractivity contribution in [2.75, 3.05) is 13.8 Å². The summed E-state index contributed by atoms with van der Waals surface area (Å²) in [5, 5.41) is 16.1. The van der Waals surface area contributed by atoms with Crippen LogP contribution in [0.5, 0.6) is 0 Å². The van der Waals surface area contributed by atoms with Gasteiger partial charge in [0.15, 0.2) is 0 Å². The lowest BCUT2D eigenvalue weighted by Gasteiger charge is -2.06. The minimum atomic E-state index is -0.829. The summed E-state index contributed by atoms with van der Waals surface area (Å²) < 4.78 is 0. The van der Waals surface area contributed by atoms with Crippen LogP contribution in [-0.2, 0) is 12.8 Å². The number of carboxylic acid groups (broad SMARTS) is 1. The van der Waals surface area contributed by atoms with Gasteiger partial charge in [0.05, 0.1) is 5.56 Å². The number of hydrogen-bond donors (Lipinski definition) is 2. The average Bonchev–Trinajstić information content (AvgIpc) is 2.86. The molecule has 174 valence electrons. The quantitative estimate of drug-likeness (QED) is 0.347. The molecule has 2 N–H and O–H groups in total. The maximum Gasteiger partial charge on any atom is 0.335 e. The van der Waals surface area contributed by atoms with E-state index in [0.717, 1.165) is 44.8 Å². The Morgan fingerprint density at radius 1 is 0.700 bits per heavy atom. The fraction of sp³-hybridized carbons (Fsp3) is 0.500. The molecule has 3 nitrogen and oxygen atoms in total. The van der Waals surface area contributed by atoms with Crippen molar-refractivity contribution < 1.29 is 15.0 Å². The van der Waals surface area contributed by atoms with Gasteiger partial charge < -0.3 is 10.2 Å². The molecule has 0 radical (unpaired) electrons. The van der Waals surface area contributed by atoms with Crippen LogP contribution < -0.4 is 0 Å². The third-order valence-electron chi connectivity index (χ3n) is 3.50. The molecule has 2 rings (SSSR count). The molecule has 0 bridgehead atoms. The number of hydrogen-bond acceptors (Lipinski definition) is 2. The van der Waals surface area contributed by atoms with Crippen LogP contribution in [0.3, 0.4) is 0 Å². The van der Waals surface area contributed by atoms with Gasteiger partial charge in [0.25, 0.3) is 0 Å². The van der Waals surface area contributed by atoms with Crippen molar-refractivity contribution in [3.63, 3.8) is 0 Å². The Bertz CT molecular complexity index is 557. The lowest BCUT2D eigenvalue weighted by Crippen LogP contribution is -2.02. The maximum atomic E-state index is 11.1. The van der Waals surface area contributed by atoms with Crippen LogP contribution in [0.25, 0.3) is 0 Å². The number of aromatic carboxylic acids is 1. The number of benzene rings is 2. The second-order valence-corrected chi connectivity index (χ2v) is 5.01. The van der Waals surface area contributed by atoms with Crippen molar-refractivity contribution in [1.29, 1.82) is 0 Å². The van der Waals surface area contributed by atoms with Crippen molar-refractivity contribution >= 4 is 15.2 Å². The number of aliphatic hydroxyl groups is 1. The van der Waals surface area contributed by atoms with Crippen LogP contribution in [0.2, 0.25) is 0 Å². The van der Waals surface area contributed by atoms with E-state index in [2.05, 4.69) is 33.5 Å². The Morgan fingerprint density at radius 3 is 1.63 bits per heavy atom. The molecule has 0 aliphatic heterocycles. The molecule has 0 aromatic heterocycles. The van der Waals surface area contributed by atoms with Gasteiger partial charge in [-0.25, -0.2) is 4.79 Å². The van der Waals surface area contributed by atoms with Gasteiger partial charge in [0.2, 0.25) is 0 Å². The molecule has 2 aromatic rings. The van der Waals surface area contributed by atoms with E-state index in [0.29, 0.717) is 5.56 Å². The number of rotatable bonds is 7. The molecular formula is C26H47O3P. The Balaban J connectivity index is -0.000000296. The van der Waals surface area contributed by atoms with Crippen LogP contribution in [0.4, 0.5) is 0 Å². The Hall–Kier alpha value is -1.70. The van der Waals surface area contributed by atoms with Crippen molar-refractivity contribution in [2.45, 2.75) is 73.6 Å². The van der Waals surface area contributed by atoms with Gasteiger partial charge >= 0.3 is 5.97 Å². The molecule has 30 heavy (non-hydrogen) atoms. The minimum Gasteiger partial charge on any atom is -0.478 e. The molecule has 2 aromatic carbocycles. The topological polar surface area (TPSA) is 57.5 Å². The molecule has 1 atom stereocenters. The second-order valence-electron chi connectivity index (χ2n) is 5.01. The smallest absolute Gasteiger partial charge is 0.335 e. The summed E-state index contributed by atoms with van der Waals surface area (Å²) >= 11 is 0. The van der Waals surface area contributed by atoms with Gasteiger partial charge in [0.1, 0.15) is 0 Å². The molecule has 0 amide bonds. The standard InChI is InChI=1S/C18H20O2.3C2H6.CH4O.CH5P/c19-18(20)17-14-8-7-13-16(17)12-6-2-5-11-15-9-3-1-4-10-15;5*1-2/h1,3-4,7-10,13-14H,2,5-6,11-12H2,(H,19,20);3*1-2H3;2H,1H3;2H2,1H3. The summed E-state index contributed by atoms with van der Waals surface area (Å²) in [6, 6.07) is 17.8. The molecule has 0 heterocycles. The lowest BCUT2D eigenvalue weighted by atomic mass is 10.00. The number of aliphatic hydroxyl groups excluding tert-OH is 1. The van der Waals surface area contributed by atoms with Crippen LogP contribution in [0.15, 0.2) is 54.6 Å². The zero-order valence-corrected chi connectivity index (χ0v) is 21.8. The first-order chi connectivity index (χ1) is 14.8. The van der Waals surface area contributed by atoms with Crippen molar-refractivity contribution in [3.05, 3.63) is 71.3 Å². The highest BCUT2D eigenvalue weighted by molar-refractivity contribution is 7.15. The summed E-state index contributed by atoms with van der Waals surface area (Å²) in [5.41, 5.74) is 2.76. The molecule has 0 aliphatic rings. The predicted molar refractivity (Wildman–Crippen MR) is 139 cm³/mol. The predicted octanol–water partition coefficient (Wildman–Crippen LogP) is 7.52. The molecule has 1 unspecified atom stereocenters. The van der Waals surface area contributed by atoms with Gasteiger partial charge in [-0.2, -0.15) is 0 Å². The molecule has 0 saturated heterocycles. The van der Waals surface area contributed by atoms with Gasteiger partial charge in [-0.1, -0.05) is 103 Å². The van der Waals surface area contributed by atoms with E-state index >= 15 is 0 Å². The highest BCUT2D eigenvalue weighted by Gasteiger charge is 2.07. The highest BCUT2D eigenvalue weighted by Crippen LogP contribution is 2.14. The molecule has 4 heteroatoms.